The van der Waals surface area contributed by atoms with Crippen molar-refractivity contribution in [2.45, 2.75) is 20.0 Å². The molecule has 0 radical (unpaired) electrons. The van der Waals surface area contributed by atoms with Crippen molar-refractivity contribution in [2.75, 3.05) is 23.3 Å². The smallest absolute Gasteiger partial charge is 0.146 e. The van der Waals surface area contributed by atoms with Crippen molar-refractivity contribution in [2.24, 2.45) is 0 Å². The highest BCUT2D eigenvalue weighted by atomic mass is 35.5. The molecule has 102 valence electrons. The number of fused-ring (bicyclic) bond motifs is 1. The fraction of sp³-hybridized carbons (Fsp3) is 0.385. The maximum Gasteiger partial charge on any atom is 0.146 e. The molecule has 1 aromatic heterocycles. The Morgan fingerprint density at radius 1 is 1.32 bits per heavy atom. The van der Waals surface area contributed by atoms with E-state index in [0.717, 1.165) is 32.0 Å². The van der Waals surface area contributed by atoms with E-state index in [2.05, 4.69) is 51.5 Å². The van der Waals surface area contributed by atoms with Crippen molar-refractivity contribution in [1.82, 2.24) is 14.8 Å². The van der Waals surface area contributed by atoms with Gasteiger partial charge in [0.15, 0.2) is 0 Å². The Labute approximate surface area is 119 Å². The molecule has 2 heterocycles. The fourth-order valence-electron chi connectivity index (χ4n) is 2.35. The lowest BCUT2D eigenvalue weighted by molar-refractivity contribution is 0.601. The van der Waals surface area contributed by atoms with E-state index in [1.165, 1.54) is 11.4 Å². The first-order valence-electron chi connectivity index (χ1n) is 6.33. The second-order valence-electron chi connectivity index (χ2n) is 4.36. The number of nitrogens with one attached hydrogen (secondary N) is 1. The van der Waals surface area contributed by atoms with Crippen LogP contribution in [0.4, 0.5) is 11.4 Å². The lowest BCUT2D eigenvalue weighted by Gasteiger charge is -2.31. The number of nitrogens with zero attached hydrogens (tertiary/aromatic N) is 4. The maximum absolute atomic E-state index is 4.34. The molecular formula is C13H18ClN5. The Bertz CT molecular complexity index is 539. The third-order valence-corrected chi connectivity index (χ3v) is 3.27. The van der Waals surface area contributed by atoms with Gasteiger partial charge in [0.05, 0.1) is 17.9 Å². The van der Waals surface area contributed by atoms with Crippen molar-refractivity contribution >= 4 is 23.8 Å². The summed E-state index contributed by atoms with van der Waals surface area (Å²) in [6.45, 7) is 5.73. The fourth-order valence-corrected chi connectivity index (χ4v) is 2.35. The second-order valence-corrected chi connectivity index (χ2v) is 4.36. The summed E-state index contributed by atoms with van der Waals surface area (Å²) in [6, 6.07) is 8.40. The predicted molar refractivity (Wildman–Crippen MR) is 78.9 cm³/mol. The average Bonchev–Trinajstić information content (AvgIpc) is 2.86. The summed E-state index contributed by atoms with van der Waals surface area (Å²) in [5.74, 6) is 1.02. The first-order valence-corrected chi connectivity index (χ1v) is 6.33. The molecule has 0 unspecified atom stereocenters. The maximum atomic E-state index is 4.34. The molecule has 3 rings (SSSR count). The molecule has 0 fully saturated rings. The molecule has 1 aliphatic rings. The van der Waals surface area contributed by atoms with E-state index in [1.54, 1.807) is 6.33 Å². The molecule has 19 heavy (non-hydrogen) atoms. The van der Waals surface area contributed by atoms with Crippen molar-refractivity contribution in [3.8, 4) is 0 Å². The van der Waals surface area contributed by atoms with Gasteiger partial charge >= 0.3 is 0 Å². The van der Waals surface area contributed by atoms with Gasteiger partial charge in [-0.2, -0.15) is 5.10 Å². The number of hydrogen-bond acceptors (Lipinski definition) is 4. The number of para-hydroxylation sites is 2. The minimum Gasteiger partial charge on any atom is -0.382 e. The molecule has 0 amide bonds. The lowest BCUT2D eigenvalue weighted by atomic mass is 10.2. The van der Waals surface area contributed by atoms with Crippen LogP contribution in [0.15, 0.2) is 30.6 Å². The first-order chi connectivity index (χ1) is 8.88. The number of benzene rings is 1. The van der Waals surface area contributed by atoms with Gasteiger partial charge in [-0.05, 0) is 19.1 Å². The SMILES string of the molecule is CCn1ncnc1CN1CCNc2ccccc21.Cl. The first kappa shape index (κ1) is 13.7. The summed E-state index contributed by atoms with van der Waals surface area (Å²) in [4.78, 5) is 6.69. The number of hydrogen-bond donors (Lipinski definition) is 1. The van der Waals surface area contributed by atoms with Crippen LogP contribution in [0.3, 0.4) is 0 Å². The molecule has 1 N–H and O–H groups in total. The third kappa shape index (κ3) is 2.66. The van der Waals surface area contributed by atoms with Crippen LogP contribution in [-0.4, -0.2) is 27.9 Å². The van der Waals surface area contributed by atoms with E-state index in [4.69, 9.17) is 0 Å². The Balaban J connectivity index is 0.00000133. The van der Waals surface area contributed by atoms with Crippen LogP contribution < -0.4 is 10.2 Å². The van der Waals surface area contributed by atoms with Crippen molar-refractivity contribution in [3.05, 3.63) is 36.4 Å². The van der Waals surface area contributed by atoms with Crippen LogP contribution in [0.5, 0.6) is 0 Å². The highest BCUT2D eigenvalue weighted by Gasteiger charge is 2.17. The largest absolute Gasteiger partial charge is 0.382 e. The summed E-state index contributed by atoms with van der Waals surface area (Å²) in [5.41, 5.74) is 2.45. The zero-order chi connectivity index (χ0) is 12.4. The summed E-state index contributed by atoms with van der Waals surface area (Å²) in [7, 11) is 0. The molecule has 0 bridgehead atoms. The Kier molecular flexibility index (Phi) is 4.27. The molecule has 0 saturated heterocycles. The molecule has 6 heteroatoms. The van der Waals surface area contributed by atoms with Crippen molar-refractivity contribution < 1.29 is 0 Å². The van der Waals surface area contributed by atoms with Crippen LogP contribution in [0.25, 0.3) is 0 Å². The Morgan fingerprint density at radius 2 is 2.16 bits per heavy atom. The van der Waals surface area contributed by atoms with Gasteiger partial charge in [0.1, 0.15) is 12.2 Å². The quantitative estimate of drug-likeness (QED) is 0.935. The van der Waals surface area contributed by atoms with Gasteiger partial charge in [0, 0.05) is 19.6 Å². The molecule has 0 saturated carbocycles. The van der Waals surface area contributed by atoms with E-state index < -0.39 is 0 Å². The lowest BCUT2D eigenvalue weighted by Crippen LogP contribution is -2.34. The van der Waals surface area contributed by atoms with Gasteiger partial charge in [-0.3, -0.25) is 0 Å². The molecule has 1 aromatic carbocycles. The van der Waals surface area contributed by atoms with Gasteiger partial charge in [0.2, 0.25) is 0 Å². The van der Waals surface area contributed by atoms with E-state index >= 15 is 0 Å². The molecule has 5 nitrogen and oxygen atoms in total. The van der Waals surface area contributed by atoms with Crippen LogP contribution >= 0.6 is 12.4 Å². The zero-order valence-corrected chi connectivity index (χ0v) is 11.7. The van der Waals surface area contributed by atoms with Gasteiger partial charge in [-0.1, -0.05) is 12.1 Å². The number of halogens is 1. The highest BCUT2D eigenvalue weighted by molar-refractivity contribution is 5.85. The molecule has 2 aromatic rings. The number of anilines is 2. The number of rotatable bonds is 3. The summed E-state index contributed by atoms with van der Waals surface area (Å²) < 4.78 is 1.95. The topological polar surface area (TPSA) is 46.0 Å². The van der Waals surface area contributed by atoms with Crippen molar-refractivity contribution in [3.63, 3.8) is 0 Å². The molecule has 1 aliphatic heterocycles. The van der Waals surface area contributed by atoms with Crippen LogP contribution in [0.1, 0.15) is 12.7 Å². The molecular weight excluding hydrogens is 262 g/mol. The average molecular weight is 280 g/mol. The van der Waals surface area contributed by atoms with Crippen LogP contribution in [0.2, 0.25) is 0 Å². The van der Waals surface area contributed by atoms with E-state index in [1.807, 2.05) is 4.68 Å². The third-order valence-electron chi connectivity index (χ3n) is 3.27. The minimum atomic E-state index is 0. The molecule has 0 spiro atoms. The Morgan fingerprint density at radius 3 is 3.00 bits per heavy atom. The van der Waals surface area contributed by atoms with Crippen LogP contribution in [0, 0.1) is 0 Å². The van der Waals surface area contributed by atoms with Crippen molar-refractivity contribution in [1.29, 1.82) is 0 Å². The standard InChI is InChI=1S/C13H17N5.ClH/c1-2-18-13(15-10-16-18)9-17-8-7-14-11-5-3-4-6-12(11)17;/h3-6,10,14H,2,7-9H2,1H3;1H. The van der Waals surface area contributed by atoms with Gasteiger partial charge in [-0.25, -0.2) is 9.67 Å². The monoisotopic (exact) mass is 279 g/mol. The van der Waals surface area contributed by atoms with E-state index in [-0.39, 0.29) is 12.4 Å². The molecule has 0 atom stereocenters. The van der Waals surface area contributed by atoms with Gasteiger partial charge in [0.25, 0.3) is 0 Å². The zero-order valence-electron chi connectivity index (χ0n) is 10.9. The highest BCUT2D eigenvalue weighted by Crippen LogP contribution is 2.29. The summed E-state index contributed by atoms with van der Waals surface area (Å²) >= 11 is 0. The minimum absolute atomic E-state index is 0. The second kappa shape index (κ2) is 5.93. The van der Waals surface area contributed by atoms with E-state index in [0.29, 0.717) is 0 Å². The van der Waals surface area contributed by atoms with E-state index in [9.17, 15) is 0 Å². The summed E-state index contributed by atoms with van der Waals surface area (Å²) in [5, 5.41) is 7.64. The Hall–Kier alpha value is -1.75. The normalized spacial score (nSPS) is 13.4. The summed E-state index contributed by atoms with van der Waals surface area (Å²) in [6.07, 6.45) is 1.63. The van der Waals surface area contributed by atoms with Crippen LogP contribution in [-0.2, 0) is 13.1 Å². The number of aromatic nitrogens is 3. The van der Waals surface area contributed by atoms with Gasteiger partial charge < -0.3 is 10.2 Å². The number of aryl methyl sites for hydroxylation is 1. The van der Waals surface area contributed by atoms with Gasteiger partial charge in [-0.15, -0.1) is 12.4 Å². The predicted octanol–water partition coefficient (Wildman–Crippen LogP) is 2.15. The molecule has 0 aliphatic carbocycles.